The first kappa shape index (κ1) is 11.9. The summed E-state index contributed by atoms with van der Waals surface area (Å²) in [5, 5.41) is 3.17. The number of hydrogen-bond donors (Lipinski definition) is 1. The third-order valence-electron chi connectivity index (χ3n) is 2.26. The Labute approximate surface area is 77.3 Å². The fraction of sp³-hybridized carbons (Fsp3) is 1.00. The number of hydrogen-bond acceptors (Lipinski definition) is 2. The highest BCUT2D eigenvalue weighted by molar-refractivity contribution is 4.50. The molecule has 0 rings (SSSR count). The van der Waals surface area contributed by atoms with Crippen molar-refractivity contribution in [2.45, 2.75) is 32.6 Å². The van der Waals surface area contributed by atoms with E-state index in [-0.39, 0.29) is 0 Å². The Kier molecular flexibility index (Phi) is 8.95. The lowest BCUT2D eigenvalue weighted by molar-refractivity contribution is 0.341. The Morgan fingerprint density at radius 2 is 1.75 bits per heavy atom. The molecular formula is C10H24N2. The van der Waals surface area contributed by atoms with E-state index in [0.717, 1.165) is 0 Å². The molecule has 2 nitrogen and oxygen atoms in total. The van der Waals surface area contributed by atoms with E-state index in [9.17, 15) is 0 Å². The minimum Gasteiger partial charge on any atom is -0.320 e. The lowest BCUT2D eigenvalue weighted by atomic mass is 10.2. The average molecular weight is 172 g/mol. The molecule has 1 N–H and O–H groups in total. The molecule has 0 aromatic heterocycles. The van der Waals surface area contributed by atoms with Gasteiger partial charge in [-0.05, 0) is 46.6 Å². The van der Waals surface area contributed by atoms with Crippen molar-refractivity contribution in [3.63, 3.8) is 0 Å². The highest BCUT2D eigenvalue weighted by Crippen LogP contribution is 1.99. The summed E-state index contributed by atoms with van der Waals surface area (Å²) in [6.07, 6.45) is 5.44. The zero-order valence-electron chi connectivity index (χ0n) is 8.90. The zero-order valence-corrected chi connectivity index (χ0v) is 8.90. The summed E-state index contributed by atoms with van der Waals surface area (Å²) in [4.78, 5) is 2.37. The van der Waals surface area contributed by atoms with Crippen molar-refractivity contribution in [2.75, 3.05) is 33.7 Å². The number of rotatable bonds is 8. The quantitative estimate of drug-likeness (QED) is 0.561. The molecule has 0 aromatic rings. The molecule has 0 radical (unpaired) electrons. The SMILES string of the molecule is CCN(C)CCCCCCNC. The van der Waals surface area contributed by atoms with Crippen LogP contribution in [0.25, 0.3) is 0 Å². The third-order valence-corrected chi connectivity index (χ3v) is 2.26. The maximum absolute atomic E-state index is 3.17. The molecule has 0 unspecified atom stereocenters. The van der Waals surface area contributed by atoms with Crippen LogP contribution in [-0.2, 0) is 0 Å². The first-order valence-electron chi connectivity index (χ1n) is 5.14. The van der Waals surface area contributed by atoms with E-state index in [1.807, 2.05) is 7.05 Å². The number of unbranched alkanes of at least 4 members (excludes halogenated alkanes) is 3. The zero-order chi connectivity index (χ0) is 9.23. The second-order valence-electron chi connectivity index (χ2n) is 3.41. The fourth-order valence-corrected chi connectivity index (χ4v) is 1.20. The molecule has 0 heterocycles. The molecule has 0 spiro atoms. The summed E-state index contributed by atoms with van der Waals surface area (Å²) >= 11 is 0. The molecule has 0 saturated heterocycles. The minimum absolute atomic E-state index is 1.17. The molecular weight excluding hydrogens is 148 g/mol. The maximum atomic E-state index is 3.17. The van der Waals surface area contributed by atoms with Gasteiger partial charge in [-0.25, -0.2) is 0 Å². The first-order valence-corrected chi connectivity index (χ1v) is 5.14. The fourth-order valence-electron chi connectivity index (χ4n) is 1.20. The molecule has 0 aliphatic heterocycles. The van der Waals surface area contributed by atoms with Gasteiger partial charge in [0.05, 0.1) is 0 Å². The van der Waals surface area contributed by atoms with Crippen molar-refractivity contribution < 1.29 is 0 Å². The summed E-state index contributed by atoms with van der Waals surface area (Å²) in [7, 11) is 4.21. The van der Waals surface area contributed by atoms with Gasteiger partial charge in [0.25, 0.3) is 0 Å². The molecule has 0 aliphatic rings. The summed E-state index contributed by atoms with van der Waals surface area (Å²) in [5.74, 6) is 0. The van der Waals surface area contributed by atoms with Gasteiger partial charge < -0.3 is 10.2 Å². The van der Waals surface area contributed by atoms with Crippen LogP contribution in [0, 0.1) is 0 Å². The van der Waals surface area contributed by atoms with Crippen molar-refractivity contribution in [3.8, 4) is 0 Å². The largest absolute Gasteiger partial charge is 0.320 e. The van der Waals surface area contributed by atoms with Gasteiger partial charge in [0, 0.05) is 0 Å². The van der Waals surface area contributed by atoms with Crippen LogP contribution < -0.4 is 5.32 Å². The highest BCUT2D eigenvalue weighted by atomic mass is 15.1. The van der Waals surface area contributed by atoms with E-state index < -0.39 is 0 Å². The molecule has 0 aromatic carbocycles. The van der Waals surface area contributed by atoms with E-state index in [1.165, 1.54) is 45.3 Å². The van der Waals surface area contributed by atoms with Crippen LogP contribution in [0.3, 0.4) is 0 Å². The topological polar surface area (TPSA) is 15.3 Å². The summed E-state index contributed by atoms with van der Waals surface area (Å²) in [6.45, 7) is 5.82. The smallest absolute Gasteiger partial charge is 0.00219 e. The predicted molar refractivity (Wildman–Crippen MR) is 55.6 cm³/mol. The van der Waals surface area contributed by atoms with Gasteiger partial charge in [-0.3, -0.25) is 0 Å². The lowest BCUT2D eigenvalue weighted by Gasteiger charge is -2.12. The Bertz CT molecular complexity index is 83.9. The van der Waals surface area contributed by atoms with E-state index in [4.69, 9.17) is 0 Å². The molecule has 0 saturated carbocycles. The van der Waals surface area contributed by atoms with Crippen LogP contribution >= 0.6 is 0 Å². The molecule has 0 aliphatic carbocycles. The van der Waals surface area contributed by atoms with Crippen molar-refractivity contribution >= 4 is 0 Å². The van der Waals surface area contributed by atoms with E-state index in [0.29, 0.717) is 0 Å². The van der Waals surface area contributed by atoms with Gasteiger partial charge in [-0.1, -0.05) is 19.8 Å². The molecule has 0 amide bonds. The Balaban J connectivity index is 2.90. The van der Waals surface area contributed by atoms with Crippen molar-refractivity contribution in [2.24, 2.45) is 0 Å². The monoisotopic (exact) mass is 172 g/mol. The maximum Gasteiger partial charge on any atom is -0.00219 e. The standard InChI is InChI=1S/C10H24N2/c1-4-12(3)10-8-6-5-7-9-11-2/h11H,4-10H2,1-3H3. The normalized spacial score (nSPS) is 11.0. The van der Waals surface area contributed by atoms with Crippen LogP contribution in [0.5, 0.6) is 0 Å². The van der Waals surface area contributed by atoms with E-state index in [2.05, 4.69) is 24.2 Å². The number of nitrogens with zero attached hydrogens (tertiary/aromatic N) is 1. The average Bonchev–Trinajstić information content (AvgIpc) is 2.10. The van der Waals surface area contributed by atoms with Gasteiger partial charge in [0.1, 0.15) is 0 Å². The Morgan fingerprint density at radius 3 is 2.33 bits per heavy atom. The lowest BCUT2D eigenvalue weighted by Crippen LogP contribution is -2.18. The molecule has 0 bridgehead atoms. The third kappa shape index (κ3) is 8.02. The van der Waals surface area contributed by atoms with E-state index >= 15 is 0 Å². The van der Waals surface area contributed by atoms with Crippen LogP contribution in [0.1, 0.15) is 32.6 Å². The van der Waals surface area contributed by atoms with Gasteiger partial charge >= 0.3 is 0 Å². The van der Waals surface area contributed by atoms with Gasteiger partial charge in [-0.15, -0.1) is 0 Å². The van der Waals surface area contributed by atoms with Crippen molar-refractivity contribution in [1.29, 1.82) is 0 Å². The van der Waals surface area contributed by atoms with Crippen LogP contribution in [0.4, 0.5) is 0 Å². The minimum atomic E-state index is 1.17. The molecule has 12 heavy (non-hydrogen) atoms. The molecule has 74 valence electrons. The van der Waals surface area contributed by atoms with Crippen LogP contribution in [0.15, 0.2) is 0 Å². The number of nitrogens with one attached hydrogen (secondary N) is 1. The van der Waals surface area contributed by atoms with E-state index in [1.54, 1.807) is 0 Å². The molecule has 0 fully saturated rings. The molecule has 2 heteroatoms. The summed E-state index contributed by atoms with van der Waals surface area (Å²) in [5.41, 5.74) is 0. The summed E-state index contributed by atoms with van der Waals surface area (Å²) in [6, 6.07) is 0. The Hall–Kier alpha value is -0.0800. The van der Waals surface area contributed by atoms with Gasteiger partial charge in [0.2, 0.25) is 0 Å². The second kappa shape index (κ2) is 9.01. The van der Waals surface area contributed by atoms with Crippen LogP contribution in [-0.4, -0.2) is 38.6 Å². The van der Waals surface area contributed by atoms with Gasteiger partial charge in [-0.2, -0.15) is 0 Å². The first-order chi connectivity index (χ1) is 5.81. The molecule has 0 atom stereocenters. The summed E-state index contributed by atoms with van der Waals surface area (Å²) < 4.78 is 0. The second-order valence-corrected chi connectivity index (χ2v) is 3.41. The van der Waals surface area contributed by atoms with Crippen LogP contribution in [0.2, 0.25) is 0 Å². The van der Waals surface area contributed by atoms with Crippen molar-refractivity contribution in [3.05, 3.63) is 0 Å². The van der Waals surface area contributed by atoms with Gasteiger partial charge in [0.15, 0.2) is 0 Å². The predicted octanol–water partition coefficient (Wildman–Crippen LogP) is 1.72. The van der Waals surface area contributed by atoms with Crippen molar-refractivity contribution in [1.82, 2.24) is 10.2 Å². The highest BCUT2D eigenvalue weighted by Gasteiger charge is 1.93. The Morgan fingerprint density at radius 1 is 1.08 bits per heavy atom.